The molecule has 0 fully saturated rings. The Hall–Kier alpha value is -1.55. The topological polar surface area (TPSA) is 43.8 Å². The third kappa shape index (κ3) is 3.56. The van der Waals surface area contributed by atoms with Gasteiger partial charge in [0.05, 0.1) is 17.1 Å². The molecule has 2 N–H and O–H groups in total. The summed E-state index contributed by atoms with van der Waals surface area (Å²) in [4.78, 5) is 4.65. The van der Waals surface area contributed by atoms with Crippen molar-refractivity contribution in [1.29, 1.82) is 0 Å². The minimum Gasteiger partial charge on any atom is -0.330 e. The predicted octanol–water partition coefficient (Wildman–Crippen LogP) is 3.66. The Morgan fingerprint density at radius 1 is 1.00 bits per heavy atom. The van der Waals surface area contributed by atoms with Gasteiger partial charge >= 0.3 is 0 Å². The second-order valence-electron chi connectivity index (χ2n) is 4.81. The standard InChI is InChI=1S/C16H17N3.2ClH/c1-19-15-10-6-5-9-14(15)18-16(19)13(17)11-12-7-3-2-4-8-12;;/h2-10,13H,11,17H2,1H3;2*1H. The molecule has 1 atom stereocenters. The number of benzene rings is 2. The van der Waals surface area contributed by atoms with E-state index in [9.17, 15) is 0 Å². The number of aryl methyl sites for hydroxylation is 1. The molecule has 0 radical (unpaired) electrons. The van der Waals surface area contributed by atoms with Crippen LogP contribution < -0.4 is 5.73 Å². The van der Waals surface area contributed by atoms with Crippen LogP contribution in [0, 0.1) is 0 Å². The number of aromatic nitrogens is 2. The summed E-state index contributed by atoms with van der Waals surface area (Å²) in [5.41, 5.74) is 9.68. The van der Waals surface area contributed by atoms with Crippen LogP contribution in [0.15, 0.2) is 54.6 Å². The summed E-state index contributed by atoms with van der Waals surface area (Å²) in [6.07, 6.45) is 0.804. The van der Waals surface area contributed by atoms with Crippen LogP contribution in [0.1, 0.15) is 17.4 Å². The van der Waals surface area contributed by atoms with E-state index in [-0.39, 0.29) is 30.9 Å². The molecule has 1 unspecified atom stereocenters. The van der Waals surface area contributed by atoms with Gasteiger partial charge in [-0.3, -0.25) is 0 Å². The summed E-state index contributed by atoms with van der Waals surface area (Å²) in [5, 5.41) is 0. The minimum absolute atomic E-state index is 0. The van der Waals surface area contributed by atoms with E-state index in [1.165, 1.54) is 5.56 Å². The first-order valence-electron chi connectivity index (χ1n) is 6.46. The number of rotatable bonds is 3. The average Bonchev–Trinajstić information content (AvgIpc) is 2.78. The van der Waals surface area contributed by atoms with Gasteiger partial charge in [-0.05, 0) is 24.1 Å². The molecular formula is C16H19Cl2N3. The van der Waals surface area contributed by atoms with Crippen molar-refractivity contribution >= 4 is 35.8 Å². The zero-order chi connectivity index (χ0) is 13.2. The molecule has 1 heterocycles. The normalized spacial score (nSPS) is 11.5. The SMILES string of the molecule is Cl.Cl.Cn1c(C(N)Cc2ccccc2)nc2ccccc21. The van der Waals surface area contributed by atoms with Gasteiger partial charge in [-0.25, -0.2) is 4.98 Å². The van der Waals surface area contributed by atoms with Crippen molar-refractivity contribution < 1.29 is 0 Å². The number of para-hydroxylation sites is 2. The molecule has 5 heteroatoms. The first-order valence-corrected chi connectivity index (χ1v) is 6.46. The van der Waals surface area contributed by atoms with Crippen molar-refractivity contribution in [2.24, 2.45) is 12.8 Å². The molecule has 0 bridgehead atoms. The first kappa shape index (κ1) is 17.5. The van der Waals surface area contributed by atoms with Gasteiger partial charge in [0, 0.05) is 7.05 Å². The van der Waals surface area contributed by atoms with E-state index in [4.69, 9.17) is 5.73 Å². The number of nitrogens with two attached hydrogens (primary N) is 1. The van der Waals surface area contributed by atoms with Crippen LogP contribution >= 0.6 is 24.8 Å². The molecule has 2 aromatic carbocycles. The van der Waals surface area contributed by atoms with E-state index in [0.29, 0.717) is 0 Å². The van der Waals surface area contributed by atoms with Crippen LogP contribution in [0.5, 0.6) is 0 Å². The maximum atomic E-state index is 6.31. The molecule has 0 spiro atoms. The van der Waals surface area contributed by atoms with Crippen LogP contribution in [0.4, 0.5) is 0 Å². The maximum absolute atomic E-state index is 6.31. The van der Waals surface area contributed by atoms with E-state index >= 15 is 0 Å². The monoisotopic (exact) mass is 323 g/mol. The summed E-state index contributed by atoms with van der Waals surface area (Å²) >= 11 is 0. The number of fused-ring (bicyclic) bond motifs is 1. The van der Waals surface area contributed by atoms with Gasteiger partial charge in [-0.1, -0.05) is 42.5 Å². The molecule has 3 nitrogen and oxygen atoms in total. The van der Waals surface area contributed by atoms with Gasteiger partial charge in [0.2, 0.25) is 0 Å². The molecule has 0 aliphatic rings. The van der Waals surface area contributed by atoms with Crippen molar-refractivity contribution in [2.45, 2.75) is 12.5 Å². The van der Waals surface area contributed by atoms with Gasteiger partial charge in [-0.15, -0.1) is 24.8 Å². The highest BCUT2D eigenvalue weighted by molar-refractivity contribution is 5.85. The molecule has 0 aliphatic carbocycles. The van der Waals surface area contributed by atoms with E-state index in [1.807, 2.05) is 43.4 Å². The van der Waals surface area contributed by atoms with Crippen LogP contribution in [0.25, 0.3) is 11.0 Å². The highest BCUT2D eigenvalue weighted by Crippen LogP contribution is 2.20. The number of hydrogen-bond donors (Lipinski definition) is 1. The second-order valence-corrected chi connectivity index (χ2v) is 4.81. The molecule has 0 aliphatic heterocycles. The van der Waals surface area contributed by atoms with Crippen molar-refractivity contribution in [3.05, 3.63) is 66.0 Å². The Bertz CT molecular complexity index is 695. The smallest absolute Gasteiger partial charge is 0.126 e. The Morgan fingerprint density at radius 2 is 1.62 bits per heavy atom. The second kappa shape index (κ2) is 7.46. The first-order chi connectivity index (χ1) is 9.25. The lowest BCUT2D eigenvalue weighted by Gasteiger charge is -2.11. The number of nitrogens with zero attached hydrogens (tertiary/aromatic N) is 2. The zero-order valence-electron chi connectivity index (χ0n) is 11.8. The summed E-state index contributed by atoms with van der Waals surface area (Å²) < 4.78 is 2.09. The summed E-state index contributed by atoms with van der Waals surface area (Å²) in [7, 11) is 2.02. The molecule has 3 rings (SSSR count). The summed E-state index contributed by atoms with van der Waals surface area (Å²) in [5.74, 6) is 0.935. The predicted molar refractivity (Wildman–Crippen MR) is 92.3 cm³/mol. The Balaban J connectivity index is 0.00000110. The van der Waals surface area contributed by atoms with Crippen LogP contribution in [0.2, 0.25) is 0 Å². The van der Waals surface area contributed by atoms with Crippen LogP contribution in [-0.4, -0.2) is 9.55 Å². The molecule has 0 saturated heterocycles. The van der Waals surface area contributed by atoms with Crippen molar-refractivity contribution in [1.82, 2.24) is 9.55 Å². The lowest BCUT2D eigenvalue weighted by atomic mass is 10.1. The van der Waals surface area contributed by atoms with Crippen molar-refractivity contribution in [2.75, 3.05) is 0 Å². The molecule has 0 saturated carbocycles. The van der Waals surface area contributed by atoms with Crippen molar-refractivity contribution in [3.8, 4) is 0 Å². The average molecular weight is 324 g/mol. The van der Waals surface area contributed by atoms with Crippen LogP contribution in [-0.2, 0) is 13.5 Å². The third-order valence-corrected chi connectivity index (χ3v) is 3.45. The summed E-state index contributed by atoms with van der Waals surface area (Å²) in [6, 6.07) is 18.3. The lowest BCUT2D eigenvalue weighted by molar-refractivity contribution is 0.638. The number of imidazole rings is 1. The quantitative estimate of drug-likeness (QED) is 0.799. The highest BCUT2D eigenvalue weighted by Gasteiger charge is 2.14. The molecule has 1 aromatic heterocycles. The third-order valence-electron chi connectivity index (χ3n) is 3.45. The van der Waals surface area contributed by atoms with E-state index in [0.717, 1.165) is 23.3 Å². The van der Waals surface area contributed by atoms with Gasteiger partial charge in [0.15, 0.2) is 0 Å². The largest absolute Gasteiger partial charge is 0.330 e. The molecular weight excluding hydrogens is 305 g/mol. The summed E-state index contributed by atoms with van der Waals surface area (Å²) in [6.45, 7) is 0. The van der Waals surface area contributed by atoms with Gasteiger partial charge in [0.1, 0.15) is 5.82 Å². The Kier molecular flexibility index (Phi) is 6.21. The van der Waals surface area contributed by atoms with E-state index < -0.39 is 0 Å². The Labute approximate surface area is 137 Å². The van der Waals surface area contributed by atoms with Gasteiger partial charge in [0.25, 0.3) is 0 Å². The maximum Gasteiger partial charge on any atom is 0.126 e. The fourth-order valence-electron chi connectivity index (χ4n) is 2.46. The molecule has 112 valence electrons. The molecule has 0 amide bonds. The van der Waals surface area contributed by atoms with Crippen molar-refractivity contribution in [3.63, 3.8) is 0 Å². The van der Waals surface area contributed by atoms with E-state index in [1.54, 1.807) is 0 Å². The Morgan fingerprint density at radius 3 is 2.29 bits per heavy atom. The highest BCUT2D eigenvalue weighted by atomic mass is 35.5. The molecule has 21 heavy (non-hydrogen) atoms. The van der Waals surface area contributed by atoms with E-state index in [2.05, 4.69) is 27.8 Å². The van der Waals surface area contributed by atoms with Gasteiger partial charge in [-0.2, -0.15) is 0 Å². The minimum atomic E-state index is -0.0835. The fraction of sp³-hybridized carbons (Fsp3) is 0.188. The lowest BCUT2D eigenvalue weighted by Crippen LogP contribution is -2.17. The number of hydrogen-bond acceptors (Lipinski definition) is 2. The zero-order valence-corrected chi connectivity index (χ0v) is 13.4. The number of halogens is 2. The fourth-order valence-corrected chi connectivity index (χ4v) is 2.46. The molecule has 3 aromatic rings. The van der Waals surface area contributed by atoms with Crippen LogP contribution in [0.3, 0.4) is 0 Å². The van der Waals surface area contributed by atoms with Gasteiger partial charge < -0.3 is 10.3 Å².